The molecule has 0 amide bonds. The van der Waals surface area contributed by atoms with Gasteiger partial charge in [-0.2, -0.15) is 0 Å². The molecule has 86 valence electrons. The lowest BCUT2D eigenvalue weighted by Crippen LogP contribution is -2.17. The lowest BCUT2D eigenvalue weighted by Gasteiger charge is -2.20. The summed E-state index contributed by atoms with van der Waals surface area (Å²) >= 11 is 0. The van der Waals surface area contributed by atoms with E-state index in [4.69, 9.17) is 0 Å². The van der Waals surface area contributed by atoms with Crippen LogP contribution in [0, 0.1) is 12.3 Å². The standard InChI is InChI=1S/C12H23N3/c1-6-7-13-11-14-10(2)8-15(11)9-12(3,4)5/h8H,6-7,9H2,1-5H3,(H,13,14). The Kier molecular flexibility index (Phi) is 3.77. The summed E-state index contributed by atoms with van der Waals surface area (Å²) in [5.41, 5.74) is 1.37. The molecule has 0 saturated carbocycles. The maximum atomic E-state index is 4.48. The molecule has 0 saturated heterocycles. The van der Waals surface area contributed by atoms with Crippen LogP contribution in [0.2, 0.25) is 0 Å². The number of aromatic nitrogens is 2. The van der Waals surface area contributed by atoms with Gasteiger partial charge in [0.05, 0.1) is 5.69 Å². The third-order valence-electron chi connectivity index (χ3n) is 2.07. The second-order valence-electron chi connectivity index (χ2n) is 5.32. The van der Waals surface area contributed by atoms with Gasteiger partial charge in [0, 0.05) is 19.3 Å². The second kappa shape index (κ2) is 4.69. The number of nitrogens with one attached hydrogen (secondary N) is 1. The van der Waals surface area contributed by atoms with Crippen molar-refractivity contribution in [3.63, 3.8) is 0 Å². The monoisotopic (exact) mass is 209 g/mol. The minimum absolute atomic E-state index is 0.287. The Bertz CT molecular complexity index is 307. The summed E-state index contributed by atoms with van der Waals surface area (Å²) in [7, 11) is 0. The number of nitrogens with zero attached hydrogens (tertiary/aromatic N) is 2. The molecular weight excluding hydrogens is 186 g/mol. The van der Waals surface area contributed by atoms with Gasteiger partial charge in [-0.1, -0.05) is 27.7 Å². The highest BCUT2D eigenvalue weighted by molar-refractivity contribution is 5.28. The molecule has 0 spiro atoms. The molecule has 0 aromatic carbocycles. The van der Waals surface area contributed by atoms with Gasteiger partial charge >= 0.3 is 0 Å². The molecule has 3 nitrogen and oxygen atoms in total. The molecule has 0 radical (unpaired) electrons. The van der Waals surface area contributed by atoms with Crippen molar-refractivity contribution in [2.45, 2.75) is 47.6 Å². The van der Waals surface area contributed by atoms with Crippen molar-refractivity contribution in [2.24, 2.45) is 5.41 Å². The molecular formula is C12H23N3. The average Bonchev–Trinajstić information content (AvgIpc) is 2.39. The Labute approximate surface area is 92.9 Å². The van der Waals surface area contributed by atoms with Crippen LogP contribution in [0.5, 0.6) is 0 Å². The lowest BCUT2D eigenvalue weighted by atomic mass is 9.97. The van der Waals surface area contributed by atoms with Gasteiger partial charge in [-0.25, -0.2) is 4.98 Å². The summed E-state index contributed by atoms with van der Waals surface area (Å²) in [5.74, 6) is 1.00. The minimum Gasteiger partial charge on any atom is -0.356 e. The number of anilines is 1. The maximum Gasteiger partial charge on any atom is 0.203 e. The Morgan fingerprint density at radius 3 is 2.60 bits per heavy atom. The molecule has 0 aliphatic heterocycles. The first-order valence-electron chi connectivity index (χ1n) is 5.70. The molecule has 0 bridgehead atoms. The van der Waals surface area contributed by atoms with Crippen molar-refractivity contribution in [3.05, 3.63) is 11.9 Å². The van der Waals surface area contributed by atoms with Crippen LogP contribution < -0.4 is 5.32 Å². The third kappa shape index (κ3) is 3.94. The minimum atomic E-state index is 0.287. The number of hydrogen-bond acceptors (Lipinski definition) is 2. The lowest BCUT2D eigenvalue weighted by molar-refractivity contribution is 0.345. The largest absolute Gasteiger partial charge is 0.356 e. The normalized spacial score (nSPS) is 11.8. The van der Waals surface area contributed by atoms with Crippen LogP contribution in [0.4, 0.5) is 5.95 Å². The van der Waals surface area contributed by atoms with Crippen LogP contribution in [0.1, 0.15) is 39.8 Å². The van der Waals surface area contributed by atoms with Crippen molar-refractivity contribution < 1.29 is 0 Å². The van der Waals surface area contributed by atoms with E-state index in [2.05, 4.69) is 48.8 Å². The summed E-state index contributed by atoms with van der Waals surface area (Å²) in [6, 6.07) is 0. The summed E-state index contributed by atoms with van der Waals surface area (Å²) in [4.78, 5) is 4.48. The highest BCUT2D eigenvalue weighted by Gasteiger charge is 2.14. The first kappa shape index (κ1) is 12.1. The maximum absolute atomic E-state index is 4.48. The molecule has 0 aliphatic carbocycles. The SMILES string of the molecule is CCCNc1nc(C)cn1CC(C)(C)C. The number of rotatable bonds is 4. The van der Waals surface area contributed by atoms with Crippen LogP contribution >= 0.6 is 0 Å². The Balaban J connectivity index is 2.77. The summed E-state index contributed by atoms with van der Waals surface area (Å²) in [6.45, 7) is 12.9. The van der Waals surface area contributed by atoms with Crippen molar-refractivity contribution in [1.82, 2.24) is 9.55 Å². The molecule has 1 heterocycles. The topological polar surface area (TPSA) is 29.9 Å². The summed E-state index contributed by atoms with van der Waals surface area (Å²) in [5, 5.41) is 3.36. The van der Waals surface area contributed by atoms with E-state index < -0.39 is 0 Å². The zero-order valence-electron chi connectivity index (χ0n) is 10.6. The van der Waals surface area contributed by atoms with E-state index in [0.29, 0.717) is 0 Å². The summed E-state index contributed by atoms with van der Waals surface area (Å²) < 4.78 is 2.21. The molecule has 0 atom stereocenters. The molecule has 0 fully saturated rings. The fourth-order valence-electron chi connectivity index (χ4n) is 1.56. The molecule has 0 aliphatic rings. The predicted octanol–water partition coefficient (Wildman–Crippen LogP) is 3.06. The smallest absolute Gasteiger partial charge is 0.203 e. The van der Waals surface area contributed by atoms with Gasteiger partial charge in [0.1, 0.15) is 0 Å². The quantitative estimate of drug-likeness (QED) is 0.826. The first-order valence-corrected chi connectivity index (χ1v) is 5.70. The van der Waals surface area contributed by atoms with Gasteiger partial charge in [0.15, 0.2) is 0 Å². The van der Waals surface area contributed by atoms with Crippen LogP contribution in [-0.4, -0.2) is 16.1 Å². The van der Waals surface area contributed by atoms with Crippen LogP contribution in [0.15, 0.2) is 6.20 Å². The van der Waals surface area contributed by atoms with Gasteiger partial charge in [-0.3, -0.25) is 0 Å². The molecule has 0 unspecified atom stereocenters. The molecule has 1 aromatic rings. The van der Waals surface area contributed by atoms with E-state index in [9.17, 15) is 0 Å². The zero-order valence-corrected chi connectivity index (χ0v) is 10.6. The van der Waals surface area contributed by atoms with Gasteiger partial charge in [-0.15, -0.1) is 0 Å². The highest BCUT2D eigenvalue weighted by atomic mass is 15.2. The second-order valence-corrected chi connectivity index (χ2v) is 5.32. The Morgan fingerprint density at radius 1 is 1.40 bits per heavy atom. The third-order valence-corrected chi connectivity index (χ3v) is 2.07. The molecule has 1 aromatic heterocycles. The van der Waals surface area contributed by atoms with Crippen molar-refractivity contribution in [3.8, 4) is 0 Å². The van der Waals surface area contributed by atoms with E-state index >= 15 is 0 Å². The van der Waals surface area contributed by atoms with Gasteiger partial charge in [-0.05, 0) is 18.8 Å². The van der Waals surface area contributed by atoms with E-state index in [1.807, 2.05) is 6.92 Å². The molecule has 1 N–H and O–H groups in total. The van der Waals surface area contributed by atoms with E-state index in [-0.39, 0.29) is 5.41 Å². The molecule has 1 rings (SSSR count). The van der Waals surface area contributed by atoms with Gasteiger partial charge in [0.2, 0.25) is 5.95 Å². The number of imidazole rings is 1. The fourth-order valence-corrected chi connectivity index (χ4v) is 1.56. The summed E-state index contributed by atoms with van der Waals surface area (Å²) in [6.07, 6.45) is 3.24. The van der Waals surface area contributed by atoms with Gasteiger partial charge < -0.3 is 9.88 Å². The van der Waals surface area contributed by atoms with Crippen LogP contribution in [-0.2, 0) is 6.54 Å². The average molecular weight is 209 g/mol. The van der Waals surface area contributed by atoms with E-state index in [0.717, 1.165) is 31.2 Å². The fraction of sp³-hybridized carbons (Fsp3) is 0.750. The van der Waals surface area contributed by atoms with Crippen molar-refractivity contribution in [1.29, 1.82) is 0 Å². The first-order chi connectivity index (χ1) is 6.92. The predicted molar refractivity (Wildman–Crippen MR) is 65.2 cm³/mol. The van der Waals surface area contributed by atoms with E-state index in [1.165, 1.54) is 0 Å². The van der Waals surface area contributed by atoms with Crippen LogP contribution in [0.25, 0.3) is 0 Å². The zero-order chi connectivity index (χ0) is 11.5. The number of aryl methyl sites for hydroxylation is 1. The van der Waals surface area contributed by atoms with Crippen molar-refractivity contribution >= 4 is 5.95 Å². The Morgan fingerprint density at radius 2 is 2.07 bits per heavy atom. The molecule has 3 heteroatoms. The van der Waals surface area contributed by atoms with Crippen LogP contribution in [0.3, 0.4) is 0 Å². The number of hydrogen-bond donors (Lipinski definition) is 1. The van der Waals surface area contributed by atoms with Crippen molar-refractivity contribution in [2.75, 3.05) is 11.9 Å². The van der Waals surface area contributed by atoms with E-state index in [1.54, 1.807) is 0 Å². The van der Waals surface area contributed by atoms with Gasteiger partial charge in [0.25, 0.3) is 0 Å². The highest BCUT2D eigenvalue weighted by Crippen LogP contribution is 2.19. The molecule has 15 heavy (non-hydrogen) atoms. The Hall–Kier alpha value is -0.990.